The van der Waals surface area contributed by atoms with Crippen LogP contribution in [0.25, 0.3) is 10.7 Å². The van der Waals surface area contributed by atoms with Gasteiger partial charge in [0.1, 0.15) is 23.3 Å². The molecule has 2 aromatic heterocycles. The Morgan fingerprint density at radius 1 is 0.674 bits per heavy atom. The number of carbonyl (C=O) groups excluding carboxylic acids is 2. The Bertz CT molecular complexity index is 1620. The maximum atomic E-state index is 12.3. The molecule has 9 heteroatoms. The highest BCUT2D eigenvalue weighted by Crippen LogP contribution is 2.51. The number of piperidine rings is 1. The van der Waals surface area contributed by atoms with E-state index in [2.05, 4.69) is 20.9 Å². The number of fused-ring (bicyclic) bond motifs is 2. The number of nitriles is 2. The summed E-state index contributed by atoms with van der Waals surface area (Å²) < 4.78 is 0. The van der Waals surface area contributed by atoms with Gasteiger partial charge in [0.25, 0.3) is 0 Å². The molecule has 3 saturated carbocycles. The monoisotopic (exact) mass is 657 g/mol. The number of hydrogen-bond donors (Lipinski definition) is 0. The molecule has 0 aromatic carbocycles. The first-order chi connectivity index (χ1) is 21.9. The van der Waals surface area contributed by atoms with E-state index >= 15 is 0 Å². The number of allylic oxidation sites excluding steroid dienone is 2. The second kappa shape index (κ2) is 14.5. The number of nitrogens with zero attached hydrogens (tertiary/aromatic N) is 5. The molecule has 1 aliphatic heterocycles. The molecule has 5 aliphatic carbocycles. The topological polar surface area (TPSA) is 111 Å². The van der Waals surface area contributed by atoms with E-state index in [9.17, 15) is 14.9 Å². The molecule has 0 unspecified atom stereocenters. The molecule has 46 heavy (non-hydrogen) atoms. The Hall–Kier alpha value is -3.52. The Morgan fingerprint density at radius 3 is 1.65 bits per heavy atom. The molecule has 2 aromatic rings. The number of Topliss-reactive ketones (excluding diaryl/α,β-unsaturated/α-hetero) is 2. The summed E-state index contributed by atoms with van der Waals surface area (Å²) in [5, 5.41) is 18.4. The number of aromatic nitrogens is 2. The van der Waals surface area contributed by atoms with Crippen LogP contribution in [0.3, 0.4) is 0 Å². The first kappa shape index (κ1) is 33.8. The first-order valence-electron chi connectivity index (χ1n) is 16.5. The van der Waals surface area contributed by atoms with E-state index in [-0.39, 0.29) is 41.0 Å². The lowest BCUT2D eigenvalue weighted by Crippen LogP contribution is -2.43. The highest BCUT2D eigenvalue weighted by molar-refractivity contribution is 6.52. The highest BCUT2D eigenvalue weighted by Gasteiger charge is 2.41. The molecule has 0 atom stereocenters. The van der Waals surface area contributed by atoms with Crippen LogP contribution < -0.4 is 0 Å². The van der Waals surface area contributed by atoms with Gasteiger partial charge in [-0.2, -0.15) is 10.5 Å². The number of rotatable bonds is 1. The van der Waals surface area contributed by atoms with Crippen molar-refractivity contribution in [1.29, 1.82) is 10.5 Å². The van der Waals surface area contributed by atoms with Crippen molar-refractivity contribution in [1.82, 2.24) is 14.9 Å². The lowest BCUT2D eigenvalue weighted by Gasteiger charge is -2.49. The number of carbonyl (C=O) groups is 2. The zero-order valence-electron chi connectivity index (χ0n) is 26.3. The summed E-state index contributed by atoms with van der Waals surface area (Å²) in [5.41, 5.74) is 6.18. The normalized spacial score (nSPS) is 21.8. The van der Waals surface area contributed by atoms with E-state index in [1.807, 2.05) is 12.1 Å². The van der Waals surface area contributed by atoms with Crippen molar-refractivity contribution in [3.8, 4) is 12.1 Å². The lowest BCUT2D eigenvalue weighted by molar-refractivity contribution is -0.115. The van der Waals surface area contributed by atoms with Crippen molar-refractivity contribution in [2.24, 2.45) is 10.8 Å². The summed E-state index contributed by atoms with van der Waals surface area (Å²) >= 11 is 5.92. The minimum atomic E-state index is -0.238. The van der Waals surface area contributed by atoms with Crippen LogP contribution in [-0.4, -0.2) is 39.5 Å². The van der Waals surface area contributed by atoms with Crippen molar-refractivity contribution < 1.29 is 9.59 Å². The van der Waals surface area contributed by atoms with Gasteiger partial charge in [0.05, 0.1) is 10.7 Å². The van der Waals surface area contributed by atoms with Crippen LogP contribution in [-0.2, 0) is 22.4 Å². The summed E-state index contributed by atoms with van der Waals surface area (Å²) in [7, 11) is 0. The Labute approximate surface area is 283 Å². The third kappa shape index (κ3) is 6.78. The van der Waals surface area contributed by atoms with Gasteiger partial charge < -0.3 is 4.90 Å². The maximum absolute atomic E-state index is 12.3. The molecule has 0 amide bonds. The molecule has 4 fully saturated rings. The predicted molar refractivity (Wildman–Crippen MR) is 181 cm³/mol. The van der Waals surface area contributed by atoms with Crippen molar-refractivity contribution in [2.45, 2.75) is 96.3 Å². The summed E-state index contributed by atoms with van der Waals surface area (Å²) in [6, 6.07) is 7.64. The van der Waals surface area contributed by atoms with Crippen molar-refractivity contribution in [3.05, 3.63) is 70.3 Å². The number of likely N-dealkylation sites (tertiary alicyclic amines) is 1. The molecule has 240 valence electrons. The van der Waals surface area contributed by atoms with Gasteiger partial charge in [0, 0.05) is 61.8 Å². The maximum Gasteiger partial charge on any atom is 0.179 e. The molecule has 8 rings (SSSR count). The average Bonchev–Trinajstić information content (AvgIpc) is 3.04. The fourth-order valence-corrected chi connectivity index (χ4v) is 8.37. The van der Waals surface area contributed by atoms with Crippen LogP contribution >= 0.6 is 24.0 Å². The van der Waals surface area contributed by atoms with Crippen LogP contribution in [0.1, 0.15) is 106 Å². The van der Waals surface area contributed by atoms with Gasteiger partial charge in [-0.25, -0.2) is 0 Å². The van der Waals surface area contributed by atoms with Gasteiger partial charge in [-0.1, -0.05) is 43.7 Å². The molecule has 7 nitrogen and oxygen atoms in total. The molecule has 0 bridgehead atoms. The average molecular weight is 659 g/mol. The quantitative estimate of drug-likeness (QED) is 0.306. The van der Waals surface area contributed by atoms with Gasteiger partial charge in [0.2, 0.25) is 0 Å². The lowest BCUT2D eigenvalue weighted by atomic mass is 9.61. The van der Waals surface area contributed by atoms with Gasteiger partial charge in [0.15, 0.2) is 11.6 Å². The number of hydrogen-bond acceptors (Lipinski definition) is 7. The van der Waals surface area contributed by atoms with E-state index in [0.29, 0.717) is 17.4 Å². The second-order valence-electron chi connectivity index (χ2n) is 13.7. The molecule has 1 saturated heterocycles. The Balaban J connectivity index is 0.000000148. The Kier molecular flexibility index (Phi) is 10.7. The third-order valence-electron chi connectivity index (χ3n) is 11.1. The summed E-state index contributed by atoms with van der Waals surface area (Å²) in [6.45, 7) is 1.91. The SMILES string of the molecule is C1CCC2(CC1)CCC2.Cl.N#CC1=C(Cl)c2ccncc2CC1=O.N#CC1=C(N2CCC3(CCC3)CC2)c2ccncc2CC1=O. The second-order valence-corrected chi connectivity index (χ2v) is 14.0. The van der Waals surface area contributed by atoms with Crippen LogP contribution in [0.2, 0.25) is 0 Å². The number of pyridine rings is 2. The Morgan fingerprint density at radius 2 is 1.15 bits per heavy atom. The minimum absolute atomic E-state index is 0. The number of ketones is 2. The summed E-state index contributed by atoms with van der Waals surface area (Å²) in [4.78, 5) is 34.0. The molecule has 0 N–H and O–H groups in total. The molecule has 0 radical (unpaired) electrons. The largest absolute Gasteiger partial charge is 0.370 e. The molecular formula is C37H41Cl2N5O2. The van der Waals surface area contributed by atoms with Crippen molar-refractivity contribution in [2.75, 3.05) is 13.1 Å². The smallest absolute Gasteiger partial charge is 0.179 e. The predicted octanol–water partition coefficient (Wildman–Crippen LogP) is 7.93. The van der Waals surface area contributed by atoms with E-state index in [4.69, 9.17) is 16.9 Å². The molecular weight excluding hydrogens is 617 g/mol. The van der Waals surface area contributed by atoms with Crippen LogP contribution in [0.5, 0.6) is 0 Å². The summed E-state index contributed by atoms with van der Waals surface area (Å²) in [6.07, 6.45) is 26.0. The van der Waals surface area contributed by atoms with Gasteiger partial charge in [-0.05, 0) is 85.5 Å². The van der Waals surface area contributed by atoms with Crippen LogP contribution in [0, 0.1) is 33.5 Å². The fourth-order valence-electron chi connectivity index (χ4n) is 8.04. The van der Waals surface area contributed by atoms with Crippen LogP contribution in [0.4, 0.5) is 0 Å². The fraction of sp³-hybridized carbons (Fsp3) is 0.514. The van der Waals surface area contributed by atoms with Crippen molar-refractivity contribution >= 4 is 46.3 Å². The van der Waals surface area contributed by atoms with E-state index in [0.717, 1.165) is 46.5 Å². The van der Waals surface area contributed by atoms with Crippen LogP contribution in [0.15, 0.2) is 48.1 Å². The molecule has 2 spiro atoms. The van der Waals surface area contributed by atoms with Gasteiger partial charge in [-0.15, -0.1) is 12.4 Å². The first-order valence-corrected chi connectivity index (χ1v) is 16.9. The minimum Gasteiger partial charge on any atom is -0.370 e. The third-order valence-corrected chi connectivity index (χ3v) is 11.5. The molecule has 6 aliphatic rings. The van der Waals surface area contributed by atoms with E-state index in [1.54, 1.807) is 56.5 Å². The van der Waals surface area contributed by atoms with Crippen molar-refractivity contribution in [3.63, 3.8) is 0 Å². The number of halogens is 2. The standard InChI is InChI=1S/C18H19N3O.C10H5ClN2O.C9H16.ClH/c19-11-15-16(22)10-13-12-20-7-2-14(13)17(15)21-8-5-18(6-9-21)3-1-4-18;11-10-7-1-2-13-5-6(7)3-9(14)8(10)4-12;1-2-5-9(6-3-1)7-4-8-9;/h2,7,12H,1,3-6,8-10H2;1-2,5H,3H2;1-8H2;1H. The zero-order chi connectivity index (χ0) is 31.4. The molecule has 3 heterocycles. The summed E-state index contributed by atoms with van der Waals surface area (Å²) in [5.74, 6) is -0.306. The zero-order valence-corrected chi connectivity index (χ0v) is 27.9. The van der Waals surface area contributed by atoms with E-state index < -0.39 is 0 Å². The van der Waals surface area contributed by atoms with E-state index in [1.165, 1.54) is 57.8 Å². The highest BCUT2D eigenvalue weighted by atomic mass is 35.5. The van der Waals surface area contributed by atoms with Gasteiger partial charge in [-0.3, -0.25) is 19.6 Å². The van der Waals surface area contributed by atoms with Gasteiger partial charge >= 0.3 is 0 Å².